The van der Waals surface area contributed by atoms with Crippen LogP contribution in [-0.4, -0.2) is 5.97 Å². The van der Waals surface area contributed by atoms with Gasteiger partial charge in [-0.1, -0.05) is 36.4 Å². The standard InChI is InChI=1S/C17H15NO2/c1-13-4-2-3-5-16(13)10-17(19)20-12-15-8-6-14(11-18)7-9-15/h2-9H,10,12H2,1H3. The second kappa shape index (κ2) is 6.53. The molecule has 0 saturated heterocycles. The minimum atomic E-state index is -0.247. The number of nitriles is 1. The van der Waals surface area contributed by atoms with Gasteiger partial charge in [-0.2, -0.15) is 5.26 Å². The highest BCUT2D eigenvalue weighted by atomic mass is 16.5. The summed E-state index contributed by atoms with van der Waals surface area (Å²) in [6.07, 6.45) is 0.281. The number of hydrogen-bond donors (Lipinski definition) is 0. The van der Waals surface area contributed by atoms with Gasteiger partial charge in [0.05, 0.1) is 18.1 Å². The number of aryl methyl sites for hydroxylation is 1. The van der Waals surface area contributed by atoms with Gasteiger partial charge in [0.25, 0.3) is 0 Å². The Morgan fingerprint density at radius 1 is 1.15 bits per heavy atom. The first-order chi connectivity index (χ1) is 9.69. The van der Waals surface area contributed by atoms with Gasteiger partial charge < -0.3 is 4.74 Å². The topological polar surface area (TPSA) is 50.1 Å². The smallest absolute Gasteiger partial charge is 0.310 e. The van der Waals surface area contributed by atoms with Gasteiger partial charge in [0.1, 0.15) is 6.61 Å². The lowest BCUT2D eigenvalue weighted by Gasteiger charge is -2.07. The Balaban J connectivity index is 1.89. The van der Waals surface area contributed by atoms with Crippen LogP contribution in [0, 0.1) is 18.3 Å². The van der Waals surface area contributed by atoms with E-state index < -0.39 is 0 Å². The summed E-state index contributed by atoms with van der Waals surface area (Å²) in [5.41, 5.74) is 3.54. The first-order valence-corrected chi connectivity index (χ1v) is 6.38. The van der Waals surface area contributed by atoms with Gasteiger partial charge >= 0.3 is 5.97 Å². The second-order valence-corrected chi connectivity index (χ2v) is 4.57. The van der Waals surface area contributed by atoms with Gasteiger partial charge in [-0.25, -0.2) is 0 Å². The van der Waals surface area contributed by atoms with Crippen LogP contribution in [-0.2, 0) is 22.6 Å². The highest BCUT2D eigenvalue weighted by Gasteiger charge is 2.07. The van der Waals surface area contributed by atoms with Crippen LogP contribution in [0.25, 0.3) is 0 Å². The molecule has 3 heteroatoms. The lowest BCUT2D eigenvalue weighted by molar-refractivity contribution is -0.144. The fourth-order valence-electron chi connectivity index (χ4n) is 1.85. The molecule has 0 aliphatic heterocycles. The Morgan fingerprint density at radius 2 is 1.85 bits per heavy atom. The van der Waals surface area contributed by atoms with E-state index in [0.29, 0.717) is 5.56 Å². The van der Waals surface area contributed by atoms with E-state index in [0.717, 1.165) is 16.7 Å². The number of benzene rings is 2. The molecule has 0 aliphatic rings. The van der Waals surface area contributed by atoms with Crippen molar-refractivity contribution in [3.8, 4) is 6.07 Å². The summed E-state index contributed by atoms with van der Waals surface area (Å²) in [7, 11) is 0. The molecule has 3 nitrogen and oxygen atoms in total. The van der Waals surface area contributed by atoms with Crippen LogP contribution in [0.15, 0.2) is 48.5 Å². The van der Waals surface area contributed by atoms with Crippen LogP contribution in [0.4, 0.5) is 0 Å². The van der Waals surface area contributed by atoms with Crippen molar-refractivity contribution in [2.24, 2.45) is 0 Å². The van der Waals surface area contributed by atoms with Crippen LogP contribution in [0.5, 0.6) is 0 Å². The summed E-state index contributed by atoms with van der Waals surface area (Å²) in [6.45, 7) is 2.21. The van der Waals surface area contributed by atoms with E-state index in [2.05, 4.69) is 6.07 Å². The monoisotopic (exact) mass is 265 g/mol. The van der Waals surface area contributed by atoms with Crippen LogP contribution in [0.1, 0.15) is 22.3 Å². The number of rotatable bonds is 4. The molecule has 0 N–H and O–H groups in total. The minimum absolute atomic E-state index is 0.233. The summed E-state index contributed by atoms with van der Waals surface area (Å²) >= 11 is 0. The average Bonchev–Trinajstić information content (AvgIpc) is 2.48. The van der Waals surface area contributed by atoms with E-state index in [4.69, 9.17) is 10.00 Å². The molecule has 100 valence electrons. The Bertz CT molecular complexity index is 639. The molecule has 0 atom stereocenters. The van der Waals surface area contributed by atoms with E-state index in [1.165, 1.54) is 0 Å². The van der Waals surface area contributed by atoms with E-state index in [-0.39, 0.29) is 19.0 Å². The molecule has 0 unspecified atom stereocenters. The SMILES string of the molecule is Cc1ccccc1CC(=O)OCc1ccc(C#N)cc1. The number of carbonyl (C=O) groups is 1. The quantitative estimate of drug-likeness (QED) is 0.798. The summed E-state index contributed by atoms with van der Waals surface area (Å²) in [4.78, 5) is 11.8. The van der Waals surface area contributed by atoms with Crippen LogP contribution < -0.4 is 0 Å². The van der Waals surface area contributed by atoms with Crippen molar-refractivity contribution in [1.29, 1.82) is 5.26 Å². The van der Waals surface area contributed by atoms with Gasteiger partial charge in [-0.05, 0) is 35.7 Å². The molecule has 0 radical (unpaired) electrons. The predicted molar refractivity (Wildman–Crippen MR) is 75.8 cm³/mol. The van der Waals surface area contributed by atoms with Crippen molar-refractivity contribution < 1.29 is 9.53 Å². The minimum Gasteiger partial charge on any atom is -0.461 e. The van der Waals surface area contributed by atoms with E-state index in [9.17, 15) is 4.79 Å². The molecule has 2 aromatic rings. The van der Waals surface area contributed by atoms with Crippen molar-refractivity contribution >= 4 is 5.97 Å². The molecule has 0 bridgehead atoms. The lowest BCUT2D eigenvalue weighted by Crippen LogP contribution is -2.08. The van der Waals surface area contributed by atoms with Crippen molar-refractivity contribution in [1.82, 2.24) is 0 Å². The Hall–Kier alpha value is -2.60. The first-order valence-electron chi connectivity index (χ1n) is 6.38. The number of carbonyl (C=O) groups excluding carboxylic acids is 1. The third kappa shape index (κ3) is 3.69. The number of nitrogens with zero attached hydrogens (tertiary/aromatic N) is 1. The molecular formula is C17H15NO2. The third-order valence-corrected chi connectivity index (χ3v) is 3.08. The van der Waals surface area contributed by atoms with Crippen molar-refractivity contribution in [2.75, 3.05) is 0 Å². The molecule has 0 aromatic heterocycles. The molecule has 0 fully saturated rings. The molecular weight excluding hydrogens is 250 g/mol. The third-order valence-electron chi connectivity index (χ3n) is 3.08. The maximum absolute atomic E-state index is 11.8. The normalized spacial score (nSPS) is 9.80. The molecule has 20 heavy (non-hydrogen) atoms. The zero-order valence-corrected chi connectivity index (χ0v) is 11.3. The van der Waals surface area contributed by atoms with E-state index in [1.54, 1.807) is 24.3 Å². The van der Waals surface area contributed by atoms with Crippen molar-refractivity contribution in [2.45, 2.75) is 20.0 Å². The number of esters is 1. The fraction of sp³-hybridized carbons (Fsp3) is 0.176. The fourth-order valence-corrected chi connectivity index (χ4v) is 1.85. The van der Waals surface area contributed by atoms with Gasteiger partial charge in [0.2, 0.25) is 0 Å². The largest absolute Gasteiger partial charge is 0.461 e. The molecule has 0 heterocycles. The maximum Gasteiger partial charge on any atom is 0.310 e. The highest BCUT2D eigenvalue weighted by molar-refractivity contribution is 5.73. The Kier molecular flexibility index (Phi) is 4.52. The Morgan fingerprint density at radius 3 is 2.50 bits per heavy atom. The van der Waals surface area contributed by atoms with Gasteiger partial charge in [0.15, 0.2) is 0 Å². The lowest BCUT2D eigenvalue weighted by atomic mass is 10.1. The average molecular weight is 265 g/mol. The molecule has 0 amide bonds. The molecule has 0 aliphatic carbocycles. The first kappa shape index (κ1) is 13.8. The van der Waals surface area contributed by atoms with Crippen LogP contribution >= 0.6 is 0 Å². The van der Waals surface area contributed by atoms with Crippen molar-refractivity contribution in [3.63, 3.8) is 0 Å². The molecule has 0 saturated carbocycles. The van der Waals surface area contributed by atoms with Gasteiger partial charge in [-0.3, -0.25) is 4.79 Å². The predicted octanol–water partition coefficient (Wildman–Crippen LogP) is 3.15. The zero-order chi connectivity index (χ0) is 14.4. The molecule has 2 aromatic carbocycles. The summed E-state index contributed by atoms with van der Waals surface area (Å²) in [6, 6.07) is 16.8. The van der Waals surface area contributed by atoms with Crippen LogP contribution in [0.3, 0.4) is 0 Å². The maximum atomic E-state index is 11.8. The van der Waals surface area contributed by atoms with Gasteiger partial charge in [0, 0.05) is 0 Å². The molecule has 2 rings (SSSR count). The second-order valence-electron chi connectivity index (χ2n) is 4.57. The molecule has 0 spiro atoms. The van der Waals surface area contributed by atoms with E-state index in [1.807, 2.05) is 31.2 Å². The Labute approximate surface area is 118 Å². The summed E-state index contributed by atoms with van der Waals surface area (Å²) in [5, 5.41) is 8.70. The zero-order valence-electron chi connectivity index (χ0n) is 11.3. The summed E-state index contributed by atoms with van der Waals surface area (Å²) in [5.74, 6) is -0.247. The van der Waals surface area contributed by atoms with Crippen molar-refractivity contribution in [3.05, 3.63) is 70.8 Å². The highest BCUT2D eigenvalue weighted by Crippen LogP contribution is 2.10. The van der Waals surface area contributed by atoms with Gasteiger partial charge in [-0.15, -0.1) is 0 Å². The number of ether oxygens (including phenoxy) is 1. The van der Waals surface area contributed by atoms with E-state index >= 15 is 0 Å². The summed E-state index contributed by atoms with van der Waals surface area (Å²) < 4.78 is 5.24. The number of hydrogen-bond acceptors (Lipinski definition) is 3. The van der Waals surface area contributed by atoms with Crippen LogP contribution in [0.2, 0.25) is 0 Å².